The molecule has 102 valence electrons. The number of hydrogen-bond donors (Lipinski definition) is 1. The average Bonchev–Trinajstić information content (AvgIpc) is 2.95. The Hall–Kier alpha value is -2.27. The second-order valence-corrected chi connectivity index (χ2v) is 4.65. The minimum absolute atomic E-state index is 0.718. The summed E-state index contributed by atoms with van der Waals surface area (Å²) in [5.41, 5.74) is 1.27. The Morgan fingerprint density at radius 3 is 3.05 bits per heavy atom. The summed E-state index contributed by atoms with van der Waals surface area (Å²) in [4.78, 5) is 4.16. The van der Waals surface area contributed by atoms with Crippen molar-refractivity contribution in [2.75, 3.05) is 0 Å². The molecule has 0 atom stereocenters. The van der Waals surface area contributed by atoms with Gasteiger partial charge >= 0.3 is 0 Å². The number of fused-ring (bicyclic) bond motifs is 1. The Labute approximate surface area is 117 Å². The normalized spacial score (nSPS) is 11.1. The van der Waals surface area contributed by atoms with Crippen molar-refractivity contribution in [2.24, 2.45) is 0 Å². The summed E-state index contributed by atoms with van der Waals surface area (Å²) in [6, 6.07) is 8.34. The largest absolute Gasteiger partial charge is 0.317 e. The Morgan fingerprint density at radius 1 is 1.20 bits per heavy atom. The van der Waals surface area contributed by atoms with Crippen molar-refractivity contribution < 1.29 is 0 Å². The molecule has 3 rings (SSSR count). The van der Waals surface area contributed by atoms with Gasteiger partial charge in [-0.2, -0.15) is 0 Å². The zero-order valence-corrected chi connectivity index (χ0v) is 11.5. The Morgan fingerprint density at radius 2 is 2.15 bits per heavy atom. The van der Waals surface area contributed by atoms with Crippen molar-refractivity contribution in [3.63, 3.8) is 0 Å². The number of rotatable bonds is 5. The third-order valence-corrected chi connectivity index (χ3v) is 3.41. The van der Waals surface area contributed by atoms with Gasteiger partial charge in [0.1, 0.15) is 12.2 Å². The van der Waals surface area contributed by atoms with Crippen molar-refractivity contribution in [1.29, 1.82) is 0 Å². The van der Waals surface area contributed by atoms with Gasteiger partial charge in [-0.3, -0.25) is 4.98 Å². The third-order valence-electron chi connectivity index (χ3n) is 3.41. The molecule has 0 aliphatic rings. The molecule has 0 fully saturated rings. The van der Waals surface area contributed by atoms with Gasteiger partial charge < -0.3 is 9.88 Å². The van der Waals surface area contributed by atoms with E-state index in [9.17, 15) is 0 Å². The number of aromatic nitrogens is 4. The lowest BCUT2D eigenvalue weighted by Gasteiger charge is -2.08. The molecule has 2 aromatic heterocycles. The highest BCUT2D eigenvalue weighted by molar-refractivity contribution is 5.84. The van der Waals surface area contributed by atoms with E-state index in [4.69, 9.17) is 0 Å². The molecule has 0 aliphatic heterocycles. The highest BCUT2D eigenvalue weighted by atomic mass is 15.3. The Bertz CT molecular complexity index is 699. The molecule has 0 saturated heterocycles. The standard InChI is InChI=1S/C15H17N5/c1-2-20-11-18-19-15(20)10-17-9-13-5-3-4-12-8-16-7-6-14(12)13/h3-8,11,17H,2,9-10H2,1H3. The van der Waals surface area contributed by atoms with Crippen LogP contribution in [0.5, 0.6) is 0 Å². The number of pyridine rings is 1. The molecule has 0 amide bonds. The first-order chi connectivity index (χ1) is 9.88. The van der Waals surface area contributed by atoms with E-state index in [0.29, 0.717) is 0 Å². The predicted molar refractivity (Wildman–Crippen MR) is 78.0 cm³/mol. The molecule has 5 nitrogen and oxygen atoms in total. The van der Waals surface area contributed by atoms with Gasteiger partial charge in [-0.25, -0.2) is 0 Å². The second kappa shape index (κ2) is 5.79. The fourth-order valence-corrected chi connectivity index (χ4v) is 2.33. The molecule has 1 N–H and O–H groups in total. The number of hydrogen-bond acceptors (Lipinski definition) is 4. The molecule has 1 aromatic carbocycles. The monoisotopic (exact) mass is 267 g/mol. The van der Waals surface area contributed by atoms with E-state index in [1.54, 1.807) is 6.33 Å². The Kier molecular flexibility index (Phi) is 3.69. The smallest absolute Gasteiger partial charge is 0.146 e. The zero-order chi connectivity index (χ0) is 13.8. The van der Waals surface area contributed by atoms with Crippen LogP contribution in [-0.2, 0) is 19.6 Å². The summed E-state index contributed by atoms with van der Waals surface area (Å²) < 4.78 is 2.04. The van der Waals surface area contributed by atoms with E-state index in [1.165, 1.54) is 16.3 Å². The van der Waals surface area contributed by atoms with Crippen LogP contribution in [0.25, 0.3) is 10.8 Å². The highest BCUT2D eigenvalue weighted by Crippen LogP contribution is 2.17. The summed E-state index contributed by atoms with van der Waals surface area (Å²) in [5.74, 6) is 0.967. The van der Waals surface area contributed by atoms with E-state index in [0.717, 1.165) is 25.5 Å². The SMILES string of the molecule is CCn1cnnc1CNCc1cccc2cnccc12. The van der Waals surface area contributed by atoms with E-state index in [1.807, 2.05) is 17.0 Å². The number of nitrogens with zero attached hydrogens (tertiary/aromatic N) is 4. The molecule has 0 aliphatic carbocycles. The predicted octanol–water partition coefficient (Wildman–Crippen LogP) is 2.14. The van der Waals surface area contributed by atoms with Crippen LogP contribution in [0, 0.1) is 0 Å². The summed E-state index contributed by atoms with van der Waals surface area (Å²) in [7, 11) is 0. The van der Waals surface area contributed by atoms with E-state index in [-0.39, 0.29) is 0 Å². The molecular weight excluding hydrogens is 250 g/mol. The molecular formula is C15H17N5. The lowest BCUT2D eigenvalue weighted by molar-refractivity contribution is 0.614. The fourth-order valence-electron chi connectivity index (χ4n) is 2.33. The molecule has 3 aromatic rings. The van der Waals surface area contributed by atoms with E-state index >= 15 is 0 Å². The van der Waals surface area contributed by atoms with Crippen LogP contribution in [0.1, 0.15) is 18.3 Å². The van der Waals surface area contributed by atoms with Crippen molar-refractivity contribution in [2.45, 2.75) is 26.6 Å². The molecule has 0 saturated carbocycles. The first-order valence-electron chi connectivity index (χ1n) is 6.77. The first kappa shape index (κ1) is 12.7. The van der Waals surface area contributed by atoms with Gasteiger partial charge in [0.05, 0.1) is 6.54 Å². The second-order valence-electron chi connectivity index (χ2n) is 4.65. The fraction of sp³-hybridized carbons (Fsp3) is 0.267. The van der Waals surface area contributed by atoms with Crippen LogP contribution in [-0.4, -0.2) is 19.7 Å². The molecule has 0 radical (unpaired) electrons. The molecule has 2 heterocycles. The third kappa shape index (κ3) is 2.53. The van der Waals surface area contributed by atoms with Crippen LogP contribution >= 0.6 is 0 Å². The van der Waals surface area contributed by atoms with Crippen LogP contribution < -0.4 is 5.32 Å². The summed E-state index contributed by atoms with van der Waals surface area (Å²) in [5, 5.41) is 13.9. The molecule has 0 bridgehead atoms. The van der Waals surface area contributed by atoms with Crippen LogP contribution in [0.3, 0.4) is 0 Å². The van der Waals surface area contributed by atoms with Crippen molar-refractivity contribution >= 4 is 10.8 Å². The lowest BCUT2D eigenvalue weighted by Crippen LogP contribution is -2.16. The maximum absolute atomic E-state index is 4.16. The van der Waals surface area contributed by atoms with Crippen LogP contribution in [0.15, 0.2) is 43.0 Å². The summed E-state index contributed by atoms with van der Waals surface area (Å²) in [6.07, 6.45) is 5.49. The first-order valence-corrected chi connectivity index (χ1v) is 6.77. The van der Waals surface area contributed by atoms with E-state index < -0.39 is 0 Å². The highest BCUT2D eigenvalue weighted by Gasteiger charge is 2.03. The van der Waals surface area contributed by atoms with Crippen LogP contribution in [0.2, 0.25) is 0 Å². The van der Waals surface area contributed by atoms with Crippen LogP contribution in [0.4, 0.5) is 0 Å². The zero-order valence-electron chi connectivity index (χ0n) is 11.5. The molecule has 0 spiro atoms. The van der Waals surface area contributed by atoms with Crippen molar-refractivity contribution in [3.8, 4) is 0 Å². The minimum atomic E-state index is 0.718. The van der Waals surface area contributed by atoms with Gasteiger partial charge in [-0.15, -0.1) is 10.2 Å². The van der Waals surface area contributed by atoms with Gasteiger partial charge in [-0.1, -0.05) is 18.2 Å². The van der Waals surface area contributed by atoms with Gasteiger partial charge in [0, 0.05) is 30.9 Å². The molecule has 0 unspecified atom stereocenters. The number of benzene rings is 1. The topological polar surface area (TPSA) is 55.6 Å². The minimum Gasteiger partial charge on any atom is -0.317 e. The molecule has 5 heteroatoms. The lowest BCUT2D eigenvalue weighted by atomic mass is 10.1. The molecule has 20 heavy (non-hydrogen) atoms. The van der Waals surface area contributed by atoms with Gasteiger partial charge in [0.2, 0.25) is 0 Å². The quantitative estimate of drug-likeness (QED) is 0.769. The van der Waals surface area contributed by atoms with Gasteiger partial charge in [0.15, 0.2) is 0 Å². The van der Waals surface area contributed by atoms with Gasteiger partial charge in [-0.05, 0) is 23.9 Å². The van der Waals surface area contributed by atoms with Crippen molar-refractivity contribution in [3.05, 3.63) is 54.4 Å². The average molecular weight is 267 g/mol. The van der Waals surface area contributed by atoms with Crippen molar-refractivity contribution in [1.82, 2.24) is 25.1 Å². The number of nitrogens with one attached hydrogen (secondary N) is 1. The maximum Gasteiger partial charge on any atom is 0.146 e. The summed E-state index contributed by atoms with van der Waals surface area (Å²) >= 11 is 0. The summed E-state index contributed by atoms with van der Waals surface area (Å²) in [6.45, 7) is 4.50. The van der Waals surface area contributed by atoms with Gasteiger partial charge in [0.25, 0.3) is 0 Å². The van der Waals surface area contributed by atoms with E-state index in [2.05, 4.69) is 51.7 Å². The Balaban J connectivity index is 1.71. The maximum atomic E-state index is 4.16. The number of aryl methyl sites for hydroxylation is 1.